The van der Waals surface area contributed by atoms with E-state index in [2.05, 4.69) is 10.1 Å². The molecule has 0 aliphatic carbocycles. The lowest BCUT2D eigenvalue weighted by atomic mass is 9.87. The zero-order valence-corrected chi connectivity index (χ0v) is 16.5. The highest BCUT2D eigenvalue weighted by Gasteiger charge is 2.47. The van der Waals surface area contributed by atoms with Crippen molar-refractivity contribution in [1.29, 1.82) is 0 Å². The van der Waals surface area contributed by atoms with Crippen LogP contribution in [-0.4, -0.2) is 70.7 Å². The fourth-order valence-electron chi connectivity index (χ4n) is 3.53. The number of aliphatic hydroxyl groups is 2. The van der Waals surface area contributed by atoms with E-state index in [-0.39, 0.29) is 24.8 Å². The van der Waals surface area contributed by atoms with Crippen LogP contribution in [0, 0.1) is 0 Å². The third-order valence-corrected chi connectivity index (χ3v) is 5.25. The summed E-state index contributed by atoms with van der Waals surface area (Å²) in [6.45, 7) is -0.403. The Bertz CT molecular complexity index is 844. The highest BCUT2D eigenvalue weighted by molar-refractivity contribution is 6.07. The van der Waals surface area contributed by atoms with Crippen LogP contribution in [-0.2, 0) is 14.3 Å². The molecular formula is C20H25N3O7. The first-order valence-corrected chi connectivity index (χ1v) is 9.51. The van der Waals surface area contributed by atoms with Crippen molar-refractivity contribution < 1.29 is 34.1 Å². The van der Waals surface area contributed by atoms with Gasteiger partial charge >= 0.3 is 12.0 Å². The number of benzene rings is 1. The van der Waals surface area contributed by atoms with E-state index in [0.29, 0.717) is 5.56 Å². The number of carbonyl (C=O) groups excluding carboxylic acids is 3. The summed E-state index contributed by atoms with van der Waals surface area (Å²) in [6.07, 6.45) is -1.19. The minimum atomic E-state index is -1.86. The second-order valence-electron chi connectivity index (χ2n) is 7.19. The van der Waals surface area contributed by atoms with Crippen LogP contribution in [0.2, 0.25) is 0 Å². The van der Waals surface area contributed by atoms with Crippen molar-refractivity contribution in [3.63, 3.8) is 0 Å². The first-order chi connectivity index (χ1) is 14.3. The maximum Gasteiger partial charge on any atom is 0.325 e. The molecule has 2 heterocycles. The maximum absolute atomic E-state index is 13.2. The number of ketones is 1. The average Bonchev–Trinajstić information content (AvgIpc) is 3.13. The van der Waals surface area contributed by atoms with Gasteiger partial charge in [-0.3, -0.25) is 20.2 Å². The number of nitrogens with two attached hydrogens (primary N) is 1. The first-order valence-electron chi connectivity index (χ1n) is 9.51. The second-order valence-corrected chi connectivity index (χ2v) is 7.19. The van der Waals surface area contributed by atoms with Crippen molar-refractivity contribution in [1.82, 2.24) is 10.2 Å². The van der Waals surface area contributed by atoms with E-state index in [9.17, 15) is 24.6 Å². The number of ether oxygens (including phenoxy) is 2. The molecule has 0 saturated carbocycles. The number of aliphatic hydroxyl groups excluding tert-OH is 2. The Labute approximate surface area is 173 Å². The molecular weight excluding hydrogens is 394 g/mol. The molecule has 2 amide bonds. The van der Waals surface area contributed by atoms with Crippen molar-refractivity contribution in [3.8, 4) is 0 Å². The third-order valence-electron chi connectivity index (χ3n) is 5.25. The fraction of sp³-hybridized carbons (Fsp3) is 0.450. The smallest absolute Gasteiger partial charge is 0.325 e. The number of nitrogens with one attached hydrogen (secondary N) is 1. The van der Waals surface area contributed by atoms with Gasteiger partial charge < -0.3 is 25.0 Å². The number of hydrogen-bond acceptors (Lipinski definition) is 8. The van der Waals surface area contributed by atoms with E-state index >= 15 is 0 Å². The molecule has 0 radical (unpaired) electrons. The highest BCUT2D eigenvalue weighted by Crippen LogP contribution is 2.31. The SMILES string of the molecule is COC(=O)CCC1=CN([C@H]2C[C@H](O)[C@@H](CO)O2)C(=O)NC1(N)C(=O)c1ccccc1. The molecule has 10 nitrogen and oxygen atoms in total. The molecule has 2 aliphatic rings. The third kappa shape index (κ3) is 4.21. The molecule has 0 bridgehead atoms. The van der Waals surface area contributed by atoms with Crippen molar-refractivity contribution in [2.45, 2.75) is 43.4 Å². The molecule has 2 aliphatic heterocycles. The zero-order valence-electron chi connectivity index (χ0n) is 16.5. The minimum absolute atomic E-state index is 0.0528. The summed E-state index contributed by atoms with van der Waals surface area (Å²) in [5.41, 5.74) is 5.10. The van der Waals surface area contributed by atoms with Crippen LogP contribution >= 0.6 is 0 Å². The van der Waals surface area contributed by atoms with Gasteiger partial charge in [-0.1, -0.05) is 30.3 Å². The fourth-order valence-corrected chi connectivity index (χ4v) is 3.53. The van der Waals surface area contributed by atoms with E-state index in [4.69, 9.17) is 10.5 Å². The summed E-state index contributed by atoms with van der Waals surface area (Å²) in [7, 11) is 1.25. The normalized spacial score (nSPS) is 28.7. The number of methoxy groups -OCH3 is 1. The summed E-state index contributed by atoms with van der Waals surface area (Å²) < 4.78 is 10.2. The van der Waals surface area contributed by atoms with E-state index in [0.717, 1.165) is 0 Å². The van der Waals surface area contributed by atoms with Crippen LogP contribution in [0.1, 0.15) is 29.6 Å². The van der Waals surface area contributed by atoms with Gasteiger partial charge in [-0.05, 0) is 12.0 Å². The summed E-state index contributed by atoms with van der Waals surface area (Å²) in [5, 5.41) is 21.8. The molecule has 3 rings (SSSR count). The standard InChI is InChI=1S/C20H25N3O7/c1-29-17(26)8-7-13-10-23(16-9-14(25)15(11-24)30-16)19(28)22-20(13,21)18(27)12-5-3-2-4-6-12/h2-6,10,14-16,24-25H,7-9,11,21H2,1H3,(H,22,28)/t14-,15+,16+,20?/m0/s1. The Kier molecular flexibility index (Phi) is 6.52. The van der Waals surface area contributed by atoms with Gasteiger partial charge in [0.25, 0.3) is 0 Å². The Morgan fingerprint density at radius 3 is 2.67 bits per heavy atom. The van der Waals surface area contributed by atoms with Crippen LogP contribution in [0.15, 0.2) is 42.1 Å². The summed E-state index contributed by atoms with van der Waals surface area (Å²) in [4.78, 5) is 38.8. The number of urea groups is 1. The largest absolute Gasteiger partial charge is 0.469 e. The van der Waals surface area contributed by atoms with Crippen molar-refractivity contribution in [2.24, 2.45) is 5.73 Å². The van der Waals surface area contributed by atoms with Crippen molar-refractivity contribution >= 4 is 17.8 Å². The second kappa shape index (κ2) is 8.92. The Hall–Kier alpha value is -2.79. The number of rotatable bonds is 7. The van der Waals surface area contributed by atoms with Gasteiger partial charge in [-0.25, -0.2) is 4.79 Å². The number of esters is 1. The highest BCUT2D eigenvalue weighted by atomic mass is 16.5. The summed E-state index contributed by atoms with van der Waals surface area (Å²) >= 11 is 0. The molecule has 10 heteroatoms. The van der Waals surface area contributed by atoms with Crippen LogP contribution in [0.25, 0.3) is 0 Å². The summed E-state index contributed by atoms with van der Waals surface area (Å²) in [5.74, 6) is -1.03. The van der Waals surface area contributed by atoms with Crippen LogP contribution < -0.4 is 11.1 Å². The lowest BCUT2D eigenvalue weighted by molar-refractivity contribution is -0.140. The molecule has 30 heavy (non-hydrogen) atoms. The minimum Gasteiger partial charge on any atom is -0.469 e. The number of nitrogens with zero attached hydrogens (tertiary/aromatic N) is 1. The van der Waals surface area contributed by atoms with E-state index in [1.807, 2.05) is 0 Å². The van der Waals surface area contributed by atoms with Gasteiger partial charge in [0.2, 0.25) is 5.78 Å². The van der Waals surface area contributed by atoms with Crippen LogP contribution in [0.3, 0.4) is 0 Å². The van der Waals surface area contributed by atoms with Gasteiger partial charge in [0, 0.05) is 24.6 Å². The first kappa shape index (κ1) is 21.9. The molecule has 4 atom stereocenters. The quantitative estimate of drug-likeness (QED) is 0.352. The monoisotopic (exact) mass is 419 g/mol. The van der Waals surface area contributed by atoms with Gasteiger partial charge in [-0.15, -0.1) is 0 Å². The summed E-state index contributed by atoms with van der Waals surface area (Å²) in [6, 6.07) is 7.56. The van der Waals surface area contributed by atoms with E-state index < -0.39 is 48.5 Å². The van der Waals surface area contributed by atoms with Gasteiger partial charge in [0.05, 0.1) is 19.8 Å². The number of carbonyl (C=O) groups is 3. The van der Waals surface area contributed by atoms with Crippen molar-refractivity contribution in [2.75, 3.05) is 13.7 Å². The number of amides is 2. The van der Waals surface area contributed by atoms with Gasteiger partial charge in [-0.2, -0.15) is 0 Å². The van der Waals surface area contributed by atoms with E-state index in [1.165, 1.54) is 18.2 Å². The molecule has 1 aromatic rings. The topological polar surface area (TPSA) is 151 Å². The predicted molar refractivity (Wildman–Crippen MR) is 104 cm³/mol. The van der Waals surface area contributed by atoms with Gasteiger partial charge in [0.15, 0.2) is 5.66 Å². The average molecular weight is 419 g/mol. The zero-order chi connectivity index (χ0) is 21.9. The molecule has 1 fully saturated rings. The molecule has 1 saturated heterocycles. The molecule has 0 spiro atoms. The van der Waals surface area contributed by atoms with Crippen LogP contribution in [0.4, 0.5) is 4.79 Å². The Morgan fingerprint density at radius 1 is 1.37 bits per heavy atom. The predicted octanol–water partition coefficient (Wildman–Crippen LogP) is -0.145. The molecule has 5 N–H and O–H groups in total. The molecule has 1 unspecified atom stereocenters. The lowest BCUT2D eigenvalue weighted by Gasteiger charge is -2.40. The molecule has 0 aromatic heterocycles. The van der Waals surface area contributed by atoms with Gasteiger partial charge in [0.1, 0.15) is 12.3 Å². The maximum atomic E-state index is 13.2. The number of hydrogen-bond donors (Lipinski definition) is 4. The van der Waals surface area contributed by atoms with Crippen molar-refractivity contribution in [3.05, 3.63) is 47.7 Å². The Morgan fingerprint density at radius 2 is 2.07 bits per heavy atom. The number of Topliss-reactive ketones (excluding diaryl/α,β-unsaturated/α-hetero) is 1. The van der Waals surface area contributed by atoms with Crippen LogP contribution in [0.5, 0.6) is 0 Å². The molecule has 162 valence electrons. The Balaban J connectivity index is 1.94. The van der Waals surface area contributed by atoms with E-state index in [1.54, 1.807) is 30.3 Å². The molecule has 1 aromatic carbocycles. The lowest BCUT2D eigenvalue weighted by Crippen LogP contribution is -2.68.